The molecule has 0 saturated heterocycles. The molecule has 0 bridgehead atoms. The molecule has 2 atom stereocenters. The average molecular weight is 372 g/mol. The van der Waals surface area contributed by atoms with E-state index >= 15 is 0 Å². The standard InChI is InChI=1S/C24H24N2O2/c27-15-23(25-21-13-5-9-17-7-1-3-11-19(17)21)24(16-28)26-22-14-6-10-18-8-2-4-12-20(18)22/h1-14,23-28H,15-16H2/t23-,24-/m1/s1. The van der Waals surface area contributed by atoms with E-state index in [1.54, 1.807) is 0 Å². The van der Waals surface area contributed by atoms with Crippen molar-refractivity contribution in [1.29, 1.82) is 0 Å². The average Bonchev–Trinajstić information content (AvgIpc) is 2.76. The van der Waals surface area contributed by atoms with Crippen molar-refractivity contribution < 1.29 is 10.2 Å². The fraction of sp³-hybridized carbons (Fsp3) is 0.167. The zero-order valence-electron chi connectivity index (χ0n) is 15.5. The highest BCUT2D eigenvalue weighted by molar-refractivity contribution is 5.95. The summed E-state index contributed by atoms with van der Waals surface area (Å²) in [5, 5.41) is 31.4. The summed E-state index contributed by atoms with van der Waals surface area (Å²) in [5.41, 5.74) is 1.88. The van der Waals surface area contributed by atoms with Gasteiger partial charge in [0, 0.05) is 22.1 Å². The Kier molecular flexibility index (Phi) is 5.42. The van der Waals surface area contributed by atoms with E-state index in [-0.39, 0.29) is 25.3 Å². The molecule has 0 heterocycles. The summed E-state index contributed by atoms with van der Waals surface area (Å²) in [4.78, 5) is 0. The van der Waals surface area contributed by atoms with Gasteiger partial charge in [-0.3, -0.25) is 0 Å². The van der Waals surface area contributed by atoms with E-state index in [2.05, 4.69) is 47.0 Å². The maximum Gasteiger partial charge on any atom is 0.0716 e. The summed E-state index contributed by atoms with van der Waals surface area (Å²) in [6.45, 7) is -0.210. The van der Waals surface area contributed by atoms with Crippen molar-refractivity contribution >= 4 is 32.9 Å². The van der Waals surface area contributed by atoms with E-state index in [1.807, 2.05) is 48.5 Å². The first-order valence-corrected chi connectivity index (χ1v) is 9.50. The Morgan fingerprint density at radius 3 is 1.36 bits per heavy atom. The van der Waals surface area contributed by atoms with Gasteiger partial charge in [-0.1, -0.05) is 72.8 Å². The first-order valence-electron chi connectivity index (χ1n) is 9.50. The lowest BCUT2D eigenvalue weighted by atomic mass is 10.0. The molecule has 4 N–H and O–H groups in total. The van der Waals surface area contributed by atoms with Crippen LogP contribution in [0.25, 0.3) is 21.5 Å². The van der Waals surface area contributed by atoms with E-state index in [1.165, 1.54) is 0 Å². The summed E-state index contributed by atoms with van der Waals surface area (Å²) < 4.78 is 0. The van der Waals surface area contributed by atoms with Gasteiger partial charge in [0.1, 0.15) is 0 Å². The summed E-state index contributed by atoms with van der Waals surface area (Å²) in [5.74, 6) is 0. The lowest BCUT2D eigenvalue weighted by Gasteiger charge is -2.28. The second-order valence-corrected chi connectivity index (χ2v) is 6.92. The number of rotatable bonds is 7. The maximum atomic E-state index is 10.0. The van der Waals surface area contributed by atoms with Gasteiger partial charge in [-0.25, -0.2) is 0 Å². The van der Waals surface area contributed by atoms with Crippen LogP contribution in [-0.2, 0) is 0 Å². The quantitative estimate of drug-likeness (QED) is 0.392. The van der Waals surface area contributed by atoms with E-state index in [0.29, 0.717) is 0 Å². The first-order chi connectivity index (χ1) is 13.8. The SMILES string of the molecule is OC[C@@H](Nc1cccc2ccccc12)[C@@H](CO)Nc1cccc2ccccc12. The Labute approximate surface area is 164 Å². The number of fused-ring (bicyclic) bond motifs is 2. The number of nitrogens with one attached hydrogen (secondary N) is 2. The molecule has 28 heavy (non-hydrogen) atoms. The second-order valence-electron chi connectivity index (χ2n) is 6.92. The Balaban J connectivity index is 1.62. The van der Waals surface area contributed by atoms with Crippen molar-refractivity contribution in [2.45, 2.75) is 12.1 Å². The summed E-state index contributed by atoms with van der Waals surface area (Å²) in [6.07, 6.45) is 0. The van der Waals surface area contributed by atoms with Crippen molar-refractivity contribution in [3.63, 3.8) is 0 Å². The Bertz CT molecular complexity index is 982. The molecule has 142 valence electrons. The molecule has 4 rings (SSSR count). The third kappa shape index (κ3) is 3.65. The van der Waals surface area contributed by atoms with Crippen LogP contribution in [0.2, 0.25) is 0 Å². The van der Waals surface area contributed by atoms with E-state index in [9.17, 15) is 10.2 Å². The Hall–Kier alpha value is -3.08. The van der Waals surface area contributed by atoms with Crippen LogP contribution in [-0.4, -0.2) is 35.5 Å². The third-order valence-electron chi connectivity index (χ3n) is 5.14. The third-order valence-corrected chi connectivity index (χ3v) is 5.14. The summed E-state index contributed by atoms with van der Waals surface area (Å²) >= 11 is 0. The molecular weight excluding hydrogens is 348 g/mol. The molecule has 0 spiro atoms. The molecule has 0 aliphatic heterocycles. The normalized spacial score (nSPS) is 13.4. The highest BCUT2D eigenvalue weighted by Crippen LogP contribution is 2.26. The molecule has 0 aliphatic carbocycles. The lowest BCUT2D eigenvalue weighted by Crippen LogP contribution is -2.44. The molecule has 4 nitrogen and oxygen atoms in total. The zero-order chi connectivity index (χ0) is 19.3. The van der Waals surface area contributed by atoms with Gasteiger partial charge in [0.05, 0.1) is 25.3 Å². The smallest absolute Gasteiger partial charge is 0.0716 e. The van der Waals surface area contributed by atoms with Crippen molar-refractivity contribution in [1.82, 2.24) is 0 Å². The zero-order valence-corrected chi connectivity index (χ0v) is 15.5. The van der Waals surface area contributed by atoms with Crippen LogP contribution >= 0.6 is 0 Å². The minimum absolute atomic E-state index is 0.105. The van der Waals surface area contributed by atoms with Crippen LogP contribution in [0.1, 0.15) is 0 Å². The first kappa shape index (κ1) is 18.3. The van der Waals surface area contributed by atoms with Crippen LogP contribution in [0.5, 0.6) is 0 Å². The number of benzene rings is 4. The van der Waals surface area contributed by atoms with Crippen LogP contribution < -0.4 is 10.6 Å². The number of aliphatic hydroxyl groups is 2. The lowest BCUT2D eigenvalue weighted by molar-refractivity contribution is 0.215. The molecule has 0 amide bonds. The van der Waals surface area contributed by atoms with Gasteiger partial charge in [0.25, 0.3) is 0 Å². The van der Waals surface area contributed by atoms with E-state index < -0.39 is 0 Å². The van der Waals surface area contributed by atoms with Crippen LogP contribution in [0.3, 0.4) is 0 Å². The molecule has 0 radical (unpaired) electrons. The Morgan fingerprint density at radius 1 is 0.536 bits per heavy atom. The fourth-order valence-corrected chi connectivity index (χ4v) is 3.65. The highest BCUT2D eigenvalue weighted by atomic mass is 16.3. The van der Waals surface area contributed by atoms with Gasteiger partial charge in [-0.2, -0.15) is 0 Å². The fourth-order valence-electron chi connectivity index (χ4n) is 3.65. The largest absolute Gasteiger partial charge is 0.394 e. The molecule has 4 aromatic carbocycles. The number of hydrogen-bond acceptors (Lipinski definition) is 4. The monoisotopic (exact) mass is 372 g/mol. The van der Waals surface area contributed by atoms with Crippen molar-refractivity contribution in [3.8, 4) is 0 Å². The van der Waals surface area contributed by atoms with Crippen LogP contribution in [0, 0.1) is 0 Å². The summed E-state index contributed by atoms with van der Waals surface area (Å²) in [7, 11) is 0. The minimum atomic E-state index is -0.352. The predicted molar refractivity (Wildman–Crippen MR) is 117 cm³/mol. The van der Waals surface area contributed by atoms with Gasteiger partial charge >= 0.3 is 0 Å². The highest BCUT2D eigenvalue weighted by Gasteiger charge is 2.21. The molecule has 0 fully saturated rings. The molecule has 4 aromatic rings. The maximum absolute atomic E-state index is 10.0. The van der Waals surface area contributed by atoms with Crippen LogP contribution in [0.4, 0.5) is 11.4 Å². The van der Waals surface area contributed by atoms with Gasteiger partial charge < -0.3 is 20.8 Å². The summed E-state index contributed by atoms with van der Waals surface area (Å²) in [6, 6.07) is 27.6. The molecular formula is C24H24N2O2. The minimum Gasteiger partial charge on any atom is -0.394 e. The van der Waals surface area contributed by atoms with E-state index in [0.717, 1.165) is 32.9 Å². The van der Waals surface area contributed by atoms with Gasteiger partial charge in [-0.15, -0.1) is 0 Å². The number of aliphatic hydroxyl groups excluding tert-OH is 2. The van der Waals surface area contributed by atoms with Gasteiger partial charge in [-0.05, 0) is 22.9 Å². The number of anilines is 2. The van der Waals surface area contributed by atoms with Crippen molar-refractivity contribution in [3.05, 3.63) is 84.9 Å². The molecule has 0 aliphatic rings. The molecule has 0 aromatic heterocycles. The van der Waals surface area contributed by atoms with Gasteiger partial charge in [0.15, 0.2) is 0 Å². The van der Waals surface area contributed by atoms with Crippen LogP contribution in [0.15, 0.2) is 84.9 Å². The van der Waals surface area contributed by atoms with E-state index in [4.69, 9.17) is 0 Å². The Morgan fingerprint density at radius 2 is 0.929 bits per heavy atom. The van der Waals surface area contributed by atoms with Crippen molar-refractivity contribution in [2.75, 3.05) is 23.8 Å². The molecule has 0 unspecified atom stereocenters. The molecule has 4 heteroatoms. The molecule has 0 saturated carbocycles. The second kappa shape index (κ2) is 8.30. The predicted octanol–water partition coefficient (Wildman–Crippen LogP) is 4.24. The topological polar surface area (TPSA) is 64.5 Å². The number of hydrogen-bond donors (Lipinski definition) is 4. The van der Waals surface area contributed by atoms with Crippen molar-refractivity contribution in [2.24, 2.45) is 0 Å². The van der Waals surface area contributed by atoms with Gasteiger partial charge in [0.2, 0.25) is 0 Å².